The molecule has 0 aromatic heterocycles. The highest BCUT2D eigenvalue weighted by molar-refractivity contribution is 8.01. The molecule has 1 aliphatic heterocycles. The van der Waals surface area contributed by atoms with Gasteiger partial charge < -0.3 is 38.7 Å². The molecule has 0 saturated carbocycles. The van der Waals surface area contributed by atoms with Crippen LogP contribution in [0.15, 0.2) is 146 Å². The number of carbonyl (C=O) groups is 2. The highest BCUT2D eigenvalue weighted by Crippen LogP contribution is 2.54. The van der Waals surface area contributed by atoms with Crippen LogP contribution >= 0.6 is 7.26 Å². The van der Waals surface area contributed by atoms with Crippen LogP contribution < -0.4 is 49.9 Å². The summed E-state index contributed by atoms with van der Waals surface area (Å²) >= 11 is 0. The molecule has 0 bridgehead atoms. The fourth-order valence-electron chi connectivity index (χ4n) is 5.87. The van der Waals surface area contributed by atoms with Crippen molar-refractivity contribution in [3.05, 3.63) is 151 Å². The van der Waals surface area contributed by atoms with Gasteiger partial charge in [-0.25, -0.2) is 4.79 Å². The first kappa shape index (κ1) is 30.5. The van der Waals surface area contributed by atoms with Crippen LogP contribution in [0.25, 0.3) is 0 Å². The van der Waals surface area contributed by atoms with Gasteiger partial charge in [0.15, 0.2) is 0 Å². The van der Waals surface area contributed by atoms with Gasteiger partial charge in [-0.15, -0.1) is 0 Å². The van der Waals surface area contributed by atoms with Crippen molar-refractivity contribution in [2.24, 2.45) is 0 Å². The van der Waals surface area contributed by atoms with E-state index in [1.165, 1.54) is 33.0 Å². The van der Waals surface area contributed by atoms with Crippen LogP contribution in [-0.4, -0.2) is 34.0 Å². The molecule has 7 heteroatoms. The minimum atomic E-state index is -2.28. The van der Waals surface area contributed by atoms with Crippen LogP contribution in [0.3, 0.4) is 0 Å². The molecule has 216 valence electrons. The van der Waals surface area contributed by atoms with E-state index in [0.29, 0.717) is 5.75 Å². The quantitative estimate of drug-likeness (QED) is 0.146. The summed E-state index contributed by atoms with van der Waals surface area (Å²) in [5.41, 5.74) is 0.833. The third kappa shape index (κ3) is 5.57. The summed E-state index contributed by atoms with van der Waals surface area (Å²) in [5.74, 6) is -0.810. The molecule has 3 atom stereocenters. The fraction of sp³-hybridized carbons (Fsp3) is 0.111. The van der Waals surface area contributed by atoms with Crippen LogP contribution in [0.4, 0.5) is 0 Å². The number of likely N-dealkylation sites (tertiary alicyclic amines) is 1. The van der Waals surface area contributed by atoms with E-state index in [1.807, 2.05) is 48.5 Å². The highest BCUT2D eigenvalue weighted by Gasteiger charge is 2.54. The Morgan fingerprint density at radius 2 is 1.07 bits per heavy atom. The zero-order valence-corrected chi connectivity index (χ0v) is 26.6. The maximum absolute atomic E-state index is 13.2. The molecule has 0 spiro atoms. The van der Waals surface area contributed by atoms with E-state index in [1.54, 1.807) is 12.1 Å². The lowest BCUT2D eigenvalue weighted by molar-refractivity contribution is -0.175. The Kier molecular flexibility index (Phi) is 9.28. The number of halogens is 1. The van der Waals surface area contributed by atoms with Crippen LogP contribution in [-0.2, 0) is 9.59 Å². The largest absolute Gasteiger partial charge is 1.00 e. The summed E-state index contributed by atoms with van der Waals surface area (Å²) in [6, 6.07) is 47.8. The van der Waals surface area contributed by atoms with Crippen molar-refractivity contribution in [1.29, 1.82) is 0 Å². The van der Waals surface area contributed by atoms with E-state index < -0.39 is 31.4 Å². The van der Waals surface area contributed by atoms with Crippen molar-refractivity contribution in [3.8, 4) is 5.75 Å². The number of para-hydroxylation sites is 1. The van der Waals surface area contributed by atoms with Gasteiger partial charge in [0.05, 0.1) is 0 Å². The number of aliphatic carboxylic acids is 1. The number of hydrogen-bond acceptors (Lipinski definition) is 3. The number of β-lactam (4-membered cyclic amide) rings is 1. The number of rotatable bonds is 9. The first-order chi connectivity index (χ1) is 20.5. The van der Waals surface area contributed by atoms with Crippen molar-refractivity contribution >= 4 is 40.4 Å². The standard InChI is InChI=1S/C36H30NO4P.HI/c1-26(36(39)40)37-33(34(35(37)38)41-28-14-6-2-7-15-28)27-22-24-32(25-23-27)42(29-16-8-3-9-17-29,30-18-10-4-11-19-30)31-20-12-5-13-21-31;/h2-26,33-34H,1H3;1H/t26-,33?,34?;/m0./s1. The second kappa shape index (κ2) is 13.1. The fourth-order valence-corrected chi connectivity index (χ4v) is 10.1. The lowest BCUT2D eigenvalue weighted by Gasteiger charge is -2.48. The second-order valence-electron chi connectivity index (χ2n) is 10.3. The van der Waals surface area contributed by atoms with Gasteiger partial charge in [0, 0.05) is 0 Å². The Bertz CT molecular complexity index is 1570. The van der Waals surface area contributed by atoms with Gasteiger partial charge in [-0.05, 0) is 73.2 Å². The van der Waals surface area contributed by atoms with Gasteiger partial charge >= 0.3 is 5.97 Å². The molecule has 0 radical (unpaired) electrons. The van der Waals surface area contributed by atoms with E-state index in [4.69, 9.17) is 4.74 Å². The number of amides is 1. The van der Waals surface area contributed by atoms with Crippen molar-refractivity contribution in [1.82, 2.24) is 4.90 Å². The lowest BCUT2D eigenvalue weighted by Crippen LogP contribution is -3.00. The van der Waals surface area contributed by atoms with E-state index in [2.05, 4.69) is 84.9 Å². The molecular weight excluding hydrogens is 668 g/mol. The molecule has 1 saturated heterocycles. The molecule has 1 amide bonds. The zero-order valence-electron chi connectivity index (χ0n) is 23.5. The molecule has 5 aromatic carbocycles. The predicted molar refractivity (Wildman–Crippen MR) is 169 cm³/mol. The van der Waals surface area contributed by atoms with Gasteiger partial charge in [0.1, 0.15) is 46.3 Å². The molecule has 5 nitrogen and oxygen atoms in total. The average molecular weight is 700 g/mol. The number of benzene rings is 5. The Balaban J connectivity index is 0.00000368. The summed E-state index contributed by atoms with van der Waals surface area (Å²) < 4.78 is 6.12. The Morgan fingerprint density at radius 1 is 0.674 bits per heavy atom. The molecule has 1 N–H and O–H groups in total. The molecule has 43 heavy (non-hydrogen) atoms. The molecule has 1 fully saturated rings. The molecule has 6 rings (SSSR count). The molecule has 2 unspecified atom stereocenters. The zero-order chi connectivity index (χ0) is 29.1. The molecule has 5 aromatic rings. The van der Waals surface area contributed by atoms with Crippen LogP contribution in [0.5, 0.6) is 5.75 Å². The average Bonchev–Trinajstić information content (AvgIpc) is 3.05. The molecule has 0 aliphatic carbocycles. The Labute approximate surface area is 269 Å². The maximum Gasteiger partial charge on any atom is 0.326 e. The van der Waals surface area contributed by atoms with Crippen LogP contribution in [0, 0.1) is 0 Å². The van der Waals surface area contributed by atoms with E-state index in [-0.39, 0.29) is 29.9 Å². The highest BCUT2D eigenvalue weighted by atomic mass is 127. The van der Waals surface area contributed by atoms with E-state index >= 15 is 0 Å². The van der Waals surface area contributed by atoms with Gasteiger partial charge in [-0.3, -0.25) is 4.79 Å². The van der Waals surface area contributed by atoms with Crippen molar-refractivity contribution in [2.75, 3.05) is 0 Å². The molecular formula is C36H31INO4P. The van der Waals surface area contributed by atoms with Crippen molar-refractivity contribution < 1.29 is 43.4 Å². The number of carboxylic acids is 1. The van der Waals surface area contributed by atoms with Gasteiger partial charge in [0.2, 0.25) is 6.10 Å². The van der Waals surface area contributed by atoms with E-state index in [0.717, 1.165) is 5.56 Å². The van der Waals surface area contributed by atoms with Crippen LogP contribution in [0.2, 0.25) is 0 Å². The summed E-state index contributed by atoms with van der Waals surface area (Å²) in [4.78, 5) is 26.6. The first-order valence-electron chi connectivity index (χ1n) is 13.9. The second-order valence-corrected chi connectivity index (χ2v) is 13.7. The lowest BCUT2D eigenvalue weighted by atomic mass is 9.88. The summed E-state index contributed by atoms with van der Waals surface area (Å²) in [6.07, 6.45) is -0.808. The van der Waals surface area contributed by atoms with Crippen molar-refractivity contribution in [3.63, 3.8) is 0 Å². The molecule has 1 aliphatic rings. The van der Waals surface area contributed by atoms with Gasteiger partial charge in [0.25, 0.3) is 5.91 Å². The number of carbonyl (C=O) groups excluding carboxylic acids is 1. The summed E-state index contributed by atoms with van der Waals surface area (Å²) in [7, 11) is -2.28. The smallest absolute Gasteiger partial charge is 0.326 e. The monoisotopic (exact) mass is 699 g/mol. The summed E-state index contributed by atoms with van der Waals surface area (Å²) in [6.45, 7) is 1.54. The van der Waals surface area contributed by atoms with Crippen LogP contribution in [0.1, 0.15) is 18.5 Å². The minimum Gasteiger partial charge on any atom is -1.00 e. The number of nitrogens with zero attached hydrogens (tertiary/aromatic N) is 1. The number of ether oxygens (including phenoxy) is 1. The van der Waals surface area contributed by atoms with Crippen molar-refractivity contribution in [2.45, 2.75) is 25.1 Å². The first-order valence-corrected chi connectivity index (χ1v) is 15.7. The number of carboxylic acid groups (broad SMARTS) is 1. The number of hydrogen-bond donors (Lipinski definition) is 1. The Hall–Kier alpha value is -4.00. The topological polar surface area (TPSA) is 66.8 Å². The predicted octanol–water partition coefficient (Wildman–Crippen LogP) is 2.11. The van der Waals surface area contributed by atoms with E-state index in [9.17, 15) is 14.7 Å². The maximum atomic E-state index is 13.2. The summed E-state index contributed by atoms with van der Waals surface area (Å²) in [5, 5.41) is 14.6. The SMILES string of the molecule is C[C@@H](C(=O)O)N1C(=O)C(Oc2ccccc2)C1c1ccc([P+](c2ccccc2)(c2ccccc2)c2ccccc2)cc1.[I-]. The Morgan fingerprint density at radius 3 is 1.49 bits per heavy atom. The van der Waals surface area contributed by atoms with Gasteiger partial charge in [-0.2, -0.15) is 0 Å². The minimum absolute atomic E-state index is 0. The molecule has 1 heterocycles. The third-order valence-electron chi connectivity index (χ3n) is 7.92. The third-order valence-corrected chi connectivity index (χ3v) is 12.2. The van der Waals surface area contributed by atoms with Gasteiger partial charge in [-0.1, -0.05) is 84.9 Å². The normalized spacial score (nSPS) is 16.9.